The van der Waals surface area contributed by atoms with Gasteiger partial charge in [0.25, 0.3) is 0 Å². The van der Waals surface area contributed by atoms with Crippen molar-refractivity contribution in [3.8, 4) is 23.0 Å². The van der Waals surface area contributed by atoms with Gasteiger partial charge in [-0.05, 0) is 67.5 Å². The molecule has 0 bridgehead atoms. The van der Waals surface area contributed by atoms with Crippen molar-refractivity contribution in [2.24, 2.45) is 16.8 Å². The van der Waals surface area contributed by atoms with Gasteiger partial charge in [0.05, 0.1) is 46.0 Å². The van der Waals surface area contributed by atoms with E-state index in [2.05, 4.69) is 0 Å². The van der Waals surface area contributed by atoms with Gasteiger partial charge in [0.1, 0.15) is 5.78 Å². The summed E-state index contributed by atoms with van der Waals surface area (Å²) >= 11 is 0. The SMILES string of the molecule is CCOc1ccc([C@@H]2C(C(=O)OCC(C)C)=C(C)N=C3C[C@@H](c4ccc(OC)c(OC)c4)CC(=O)C32)cc1OC. The van der Waals surface area contributed by atoms with Gasteiger partial charge < -0.3 is 23.7 Å². The Kier molecular flexibility index (Phi) is 9.17. The van der Waals surface area contributed by atoms with Crippen molar-refractivity contribution in [3.05, 3.63) is 58.8 Å². The number of ether oxygens (including phenoxy) is 5. The molecule has 2 aromatic rings. The van der Waals surface area contributed by atoms with Gasteiger partial charge in [-0.15, -0.1) is 0 Å². The van der Waals surface area contributed by atoms with Gasteiger partial charge in [-0.2, -0.15) is 0 Å². The number of carbonyl (C=O) groups is 2. The highest BCUT2D eigenvalue weighted by Gasteiger charge is 2.46. The number of ketones is 1. The molecule has 214 valence electrons. The Morgan fingerprint density at radius 3 is 2.17 bits per heavy atom. The first-order valence-electron chi connectivity index (χ1n) is 13.7. The Balaban J connectivity index is 1.78. The largest absolute Gasteiger partial charge is 0.493 e. The van der Waals surface area contributed by atoms with E-state index >= 15 is 0 Å². The molecule has 8 nitrogen and oxygen atoms in total. The molecule has 40 heavy (non-hydrogen) atoms. The second-order valence-electron chi connectivity index (χ2n) is 10.6. The van der Waals surface area contributed by atoms with E-state index in [1.165, 1.54) is 0 Å². The molecule has 1 heterocycles. The van der Waals surface area contributed by atoms with Crippen LogP contribution in [0.2, 0.25) is 0 Å². The van der Waals surface area contributed by atoms with Crippen molar-refractivity contribution in [1.82, 2.24) is 0 Å². The molecule has 0 radical (unpaired) electrons. The number of aliphatic imine (C=N–C) groups is 1. The summed E-state index contributed by atoms with van der Waals surface area (Å²) in [5.41, 5.74) is 3.52. The molecule has 0 N–H and O–H groups in total. The quantitative estimate of drug-likeness (QED) is 0.342. The molecule has 1 saturated carbocycles. The highest BCUT2D eigenvalue weighted by atomic mass is 16.5. The molecule has 3 atom stereocenters. The Morgan fingerprint density at radius 2 is 1.52 bits per heavy atom. The molecule has 0 saturated heterocycles. The molecule has 1 aliphatic carbocycles. The number of Topliss-reactive ketones (excluding diaryl/α,β-unsaturated/α-hetero) is 1. The molecule has 1 aliphatic heterocycles. The van der Waals surface area contributed by atoms with Crippen molar-refractivity contribution in [1.29, 1.82) is 0 Å². The maximum absolute atomic E-state index is 14.0. The van der Waals surface area contributed by atoms with Gasteiger partial charge in [-0.3, -0.25) is 9.79 Å². The van der Waals surface area contributed by atoms with Gasteiger partial charge in [0, 0.05) is 23.7 Å². The van der Waals surface area contributed by atoms with Crippen molar-refractivity contribution in [2.75, 3.05) is 34.5 Å². The Hall–Kier alpha value is -3.81. The average molecular weight is 550 g/mol. The van der Waals surface area contributed by atoms with E-state index in [4.69, 9.17) is 28.7 Å². The third kappa shape index (κ3) is 5.86. The maximum atomic E-state index is 14.0. The van der Waals surface area contributed by atoms with E-state index < -0.39 is 17.8 Å². The van der Waals surface area contributed by atoms with Crippen molar-refractivity contribution in [3.63, 3.8) is 0 Å². The first-order valence-corrected chi connectivity index (χ1v) is 13.7. The van der Waals surface area contributed by atoms with E-state index in [-0.39, 0.29) is 24.2 Å². The van der Waals surface area contributed by atoms with E-state index in [1.54, 1.807) is 21.3 Å². The van der Waals surface area contributed by atoms with Gasteiger partial charge in [-0.1, -0.05) is 26.0 Å². The minimum atomic E-state index is -0.579. The molecular weight excluding hydrogens is 510 g/mol. The van der Waals surface area contributed by atoms with E-state index in [1.807, 2.05) is 64.1 Å². The Labute approximate surface area is 236 Å². The van der Waals surface area contributed by atoms with Crippen LogP contribution >= 0.6 is 0 Å². The predicted octanol–water partition coefficient (Wildman–Crippen LogP) is 5.89. The first kappa shape index (κ1) is 29.2. The summed E-state index contributed by atoms with van der Waals surface area (Å²) in [4.78, 5) is 32.3. The summed E-state index contributed by atoms with van der Waals surface area (Å²) in [5.74, 6) is 0.968. The fourth-order valence-corrected chi connectivity index (χ4v) is 5.62. The fraction of sp³-hybridized carbons (Fsp3) is 0.469. The zero-order chi connectivity index (χ0) is 29.0. The summed E-state index contributed by atoms with van der Waals surface area (Å²) in [6.45, 7) is 8.46. The second kappa shape index (κ2) is 12.6. The van der Waals surface area contributed by atoms with Crippen LogP contribution in [-0.4, -0.2) is 52.0 Å². The minimum absolute atomic E-state index is 0.0318. The first-order chi connectivity index (χ1) is 19.2. The summed E-state index contributed by atoms with van der Waals surface area (Å²) in [7, 11) is 4.77. The van der Waals surface area contributed by atoms with Crippen LogP contribution < -0.4 is 18.9 Å². The van der Waals surface area contributed by atoms with Crippen LogP contribution in [0.3, 0.4) is 0 Å². The smallest absolute Gasteiger partial charge is 0.336 e. The summed E-state index contributed by atoms with van der Waals surface area (Å²) < 4.78 is 27.9. The summed E-state index contributed by atoms with van der Waals surface area (Å²) in [6, 6.07) is 11.3. The average Bonchev–Trinajstić information content (AvgIpc) is 2.94. The lowest BCUT2D eigenvalue weighted by Gasteiger charge is -2.38. The van der Waals surface area contributed by atoms with Crippen LogP contribution in [0, 0.1) is 11.8 Å². The number of allylic oxidation sites excluding steroid dienone is 1. The third-order valence-electron chi connectivity index (χ3n) is 7.45. The zero-order valence-corrected chi connectivity index (χ0v) is 24.4. The normalized spacial score (nSPS) is 20.6. The van der Waals surface area contributed by atoms with E-state index in [9.17, 15) is 9.59 Å². The standard InChI is InChI=1S/C32H39NO7/c1-8-39-26-12-10-21(16-28(26)38-7)30-29(32(35)40-17-18(2)3)19(4)33-23-13-22(14-24(34)31(23)30)20-9-11-25(36-5)27(15-20)37-6/h9-12,15-16,18,22,30-31H,8,13-14,17H2,1-7H3/t22-,30-,31?/m1/s1. The zero-order valence-electron chi connectivity index (χ0n) is 24.4. The molecule has 8 heteroatoms. The number of carbonyl (C=O) groups excluding carboxylic acids is 2. The van der Waals surface area contributed by atoms with E-state index in [0.717, 1.165) is 16.8 Å². The number of rotatable bonds is 10. The number of fused-ring (bicyclic) bond motifs is 1. The lowest BCUT2D eigenvalue weighted by molar-refractivity contribution is -0.140. The molecular formula is C32H39NO7. The number of esters is 1. The Morgan fingerprint density at radius 1 is 0.900 bits per heavy atom. The number of benzene rings is 2. The fourth-order valence-electron chi connectivity index (χ4n) is 5.62. The third-order valence-corrected chi connectivity index (χ3v) is 7.45. The van der Waals surface area contributed by atoms with Gasteiger partial charge in [-0.25, -0.2) is 4.79 Å². The molecule has 0 amide bonds. The molecule has 2 aliphatic rings. The number of nitrogens with zero attached hydrogens (tertiary/aromatic N) is 1. The number of hydrogen-bond donors (Lipinski definition) is 0. The van der Waals surface area contributed by atoms with Gasteiger partial charge in [0.2, 0.25) is 0 Å². The molecule has 1 fully saturated rings. The number of methoxy groups -OCH3 is 3. The van der Waals surface area contributed by atoms with Crippen LogP contribution in [0.5, 0.6) is 23.0 Å². The van der Waals surface area contributed by atoms with Crippen molar-refractivity contribution in [2.45, 2.75) is 52.4 Å². The maximum Gasteiger partial charge on any atom is 0.336 e. The topological polar surface area (TPSA) is 92.7 Å². The highest BCUT2D eigenvalue weighted by Crippen LogP contribution is 2.48. The van der Waals surface area contributed by atoms with Gasteiger partial charge >= 0.3 is 5.97 Å². The van der Waals surface area contributed by atoms with E-state index in [0.29, 0.717) is 53.7 Å². The van der Waals surface area contributed by atoms with Crippen molar-refractivity contribution >= 4 is 17.5 Å². The predicted molar refractivity (Wildman–Crippen MR) is 153 cm³/mol. The minimum Gasteiger partial charge on any atom is -0.493 e. The molecule has 1 unspecified atom stereocenters. The lowest BCUT2D eigenvalue weighted by atomic mass is 9.66. The Bertz CT molecular complexity index is 1330. The monoisotopic (exact) mass is 549 g/mol. The lowest BCUT2D eigenvalue weighted by Crippen LogP contribution is -2.41. The van der Waals surface area contributed by atoms with Crippen LogP contribution in [0.1, 0.15) is 63.5 Å². The molecule has 2 aromatic carbocycles. The number of hydrogen-bond acceptors (Lipinski definition) is 8. The second-order valence-corrected chi connectivity index (χ2v) is 10.6. The van der Waals surface area contributed by atoms with Crippen molar-refractivity contribution < 1.29 is 33.3 Å². The summed E-state index contributed by atoms with van der Waals surface area (Å²) in [5, 5.41) is 0. The highest BCUT2D eigenvalue weighted by molar-refractivity contribution is 6.12. The summed E-state index contributed by atoms with van der Waals surface area (Å²) in [6.07, 6.45) is 0.902. The van der Waals surface area contributed by atoms with Crippen LogP contribution in [-0.2, 0) is 14.3 Å². The molecule has 4 rings (SSSR count). The van der Waals surface area contributed by atoms with Crippen LogP contribution in [0.4, 0.5) is 0 Å². The molecule has 0 spiro atoms. The van der Waals surface area contributed by atoms with Crippen LogP contribution in [0.25, 0.3) is 0 Å². The van der Waals surface area contributed by atoms with Gasteiger partial charge in [0.15, 0.2) is 23.0 Å². The van der Waals surface area contributed by atoms with Crippen LogP contribution in [0.15, 0.2) is 52.7 Å². The molecule has 0 aromatic heterocycles.